The largest absolute Gasteiger partial charge is 0.314 e. The van der Waals surface area contributed by atoms with Gasteiger partial charge in [0.05, 0.1) is 17.2 Å². The van der Waals surface area contributed by atoms with Gasteiger partial charge >= 0.3 is 0 Å². The monoisotopic (exact) mass is 532 g/mol. The molecule has 27 heavy (non-hydrogen) atoms. The molecule has 0 N–H and O–H groups in total. The molecule has 2 aromatic carbocycles. The molecule has 1 radical (unpaired) electrons. The Balaban J connectivity index is 0.00000210. The summed E-state index contributed by atoms with van der Waals surface area (Å²) in [5.74, 6) is 1.57. The maximum atomic E-state index is 4.63. The van der Waals surface area contributed by atoms with Crippen molar-refractivity contribution in [2.45, 2.75) is 20.8 Å². The van der Waals surface area contributed by atoms with Gasteiger partial charge in [0.1, 0.15) is 0 Å². The number of benzene rings is 2. The van der Waals surface area contributed by atoms with Crippen molar-refractivity contribution in [1.82, 2.24) is 19.7 Å². The van der Waals surface area contributed by atoms with Crippen molar-refractivity contribution >= 4 is 0 Å². The van der Waals surface area contributed by atoms with Crippen LogP contribution in [0.5, 0.6) is 0 Å². The zero-order valence-corrected chi connectivity index (χ0v) is 17.8. The minimum atomic E-state index is 0. The Morgan fingerprint density at radius 3 is 2.26 bits per heavy atom. The normalized spacial score (nSPS) is 10.5. The van der Waals surface area contributed by atoms with E-state index in [2.05, 4.69) is 50.9 Å². The fourth-order valence-corrected chi connectivity index (χ4v) is 3.13. The van der Waals surface area contributed by atoms with Gasteiger partial charge < -0.3 is 4.57 Å². The van der Waals surface area contributed by atoms with Crippen LogP contribution in [0.2, 0.25) is 0 Å². The van der Waals surface area contributed by atoms with Crippen molar-refractivity contribution < 1.29 is 20.1 Å². The number of pyridine rings is 1. The smallest absolute Gasteiger partial charge is 0.159 e. The molecule has 5 heteroatoms. The summed E-state index contributed by atoms with van der Waals surface area (Å²) in [6.07, 6.45) is 0. The van der Waals surface area contributed by atoms with E-state index in [9.17, 15) is 0 Å². The Bertz CT molecular complexity index is 1070. The molecule has 0 bridgehead atoms. The number of aryl methyl sites for hydroxylation is 3. The predicted molar refractivity (Wildman–Crippen MR) is 103 cm³/mol. The third-order valence-corrected chi connectivity index (χ3v) is 4.44. The molecule has 0 saturated carbocycles. The van der Waals surface area contributed by atoms with Crippen molar-refractivity contribution in [2.75, 3.05) is 0 Å². The number of aromatic nitrogens is 4. The van der Waals surface area contributed by atoms with E-state index in [0.29, 0.717) is 0 Å². The zero-order valence-electron chi connectivity index (χ0n) is 15.4. The maximum absolute atomic E-state index is 4.63. The Labute approximate surface area is 172 Å². The Morgan fingerprint density at radius 1 is 0.815 bits per heavy atom. The summed E-state index contributed by atoms with van der Waals surface area (Å²) >= 11 is 0. The zero-order chi connectivity index (χ0) is 18.1. The average Bonchev–Trinajstić information content (AvgIpc) is 3.07. The topological polar surface area (TPSA) is 43.6 Å². The SMILES string of the molecule is Cc1ccc(-n2c(-c3[c-]cccc3)nnc2-c2ccccc2C)c(C)n1.[Ir]. The van der Waals surface area contributed by atoms with Crippen molar-refractivity contribution in [3.05, 3.63) is 83.7 Å². The van der Waals surface area contributed by atoms with Crippen LogP contribution in [-0.4, -0.2) is 19.7 Å². The molecule has 0 unspecified atom stereocenters. The Hall–Kier alpha value is -2.62. The number of nitrogens with zero attached hydrogens (tertiary/aromatic N) is 4. The van der Waals surface area contributed by atoms with Crippen LogP contribution < -0.4 is 0 Å². The first kappa shape index (κ1) is 19.1. The minimum Gasteiger partial charge on any atom is -0.314 e. The molecule has 0 saturated heterocycles. The molecule has 2 aromatic heterocycles. The molecule has 0 aliphatic rings. The molecule has 2 heterocycles. The third kappa shape index (κ3) is 3.61. The van der Waals surface area contributed by atoms with E-state index in [1.54, 1.807) is 0 Å². The van der Waals surface area contributed by atoms with Crippen LogP contribution in [0, 0.1) is 26.8 Å². The van der Waals surface area contributed by atoms with Gasteiger partial charge in [0.2, 0.25) is 0 Å². The molecule has 0 atom stereocenters. The Kier molecular flexibility index (Phi) is 5.64. The van der Waals surface area contributed by atoms with Gasteiger partial charge in [-0.3, -0.25) is 4.98 Å². The molecule has 4 nitrogen and oxygen atoms in total. The molecule has 137 valence electrons. The molecular formula is C22H19IrN4-. The summed E-state index contributed by atoms with van der Waals surface area (Å²) in [5, 5.41) is 9.03. The number of hydrogen-bond donors (Lipinski definition) is 0. The molecule has 0 amide bonds. The molecule has 0 spiro atoms. The molecule has 0 aliphatic heterocycles. The van der Waals surface area contributed by atoms with Crippen LogP contribution in [0.1, 0.15) is 17.0 Å². The summed E-state index contributed by atoms with van der Waals surface area (Å²) in [5.41, 5.74) is 6.02. The average molecular weight is 532 g/mol. The van der Waals surface area contributed by atoms with Gasteiger partial charge in [-0.05, 0) is 38.5 Å². The quantitative estimate of drug-likeness (QED) is 0.360. The third-order valence-electron chi connectivity index (χ3n) is 4.44. The molecule has 4 rings (SSSR count). The maximum Gasteiger partial charge on any atom is 0.159 e. The summed E-state index contributed by atoms with van der Waals surface area (Å²) in [7, 11) is 0. The fraction of sp³-hybridized carbons (Fsp3) is 0.136. The van der Waals surface area contributed by atoms with Gasteiger partial charge in [-0.15, -0.1) is 41.0 Å². The predicted octanol–water partition coefficient (Wildman–Crippen LogP) is 4.72. The van der Waals surface area contributed by atoms with Gasteiger partial charge in [-0.2, -0.15) is 5.10 Å². The van der Waals surface area contributed by atoms with Crippen molar-refractivity contribution in [3.63, 3.8) is 0 Å². The summed E-state index contributed by atoms with van der Waals surface area (Å²) in [6.45, 7) is 6.10. The van der Waals surface area contributed by atoms with E-state index in [-0.39, 0.29) is 20.1 Å². The molecular weight excluding hydrogens is 512 g/mol. The van der Waals surface area contributed by atoms with Crippen LogP contribution in [0.4, 0.5) is 0 Å². The van der Waals surface area contributed by atoms with Gasteiger partial charge in [0, 0.05) is 31.4 Å². The van der Waals surface area contributed by atoms with Crippen LogP contribution in [-0.2, 0) is 20.1 Å². The molecule has 0 fully saturated rings. The van der Waals surface area contributed by atoms with E-state index in [0.717, 1.165) is 45.4 Å². The summed E-state index contributed by atoms with van der Waals surface area (Å²) < 4.78 is 2.08. The fourth-order valence-electron chi connectivity index (χ4n) is 3.13. The van der Waals surface area contributed by atoms with E-state index in [1.165, 1.54) is 0 Å². The van der Waals surface area contributed by atoms with Crippen molar-refractivity contribution in [1.29, 1.82) is 0 Å². The van der Waals surface area contributed by atoms with Crippen LogP contribution in [0.25, 0.3) is 28.5 Å². The first-order chi connectivity index (χ1) is 12.6. The second-order valence-corrected chi connectivity index (χ2v) is 6.33. The second-order valence-electron chi connectivity index (χ2n) is 6.33. The van der Waals surface area contributed by atoms with Gasteiger partial charge in [-0.1, -0.05) is 24.3 Å². The standard InChI is InChI=1S/C22H19N4.Ir/c1-15-9-7-8-12-19(15)22-25-24-21(18-10-5-4-6-11-18)26(22)20-14-13-16(2)23-17(20)3;/h4-10,12-14H,1-3H3;/q-1;. The number of rotatable bonds is 3. The van der Waals surface area contributed by atoms with Crippen molar-refractivity contribution in [2.24, 2.45) is 0 Å². The number of hydrogen-bond acceptors (Lipinski definition) is 3. The van der Waals surface area contributed by atoms with Crippen molar-refractivity contribution in [3.8, 4) is 28.5 Å². The van der Waals surface area contributed by atoms with Gasteiger partial charge in [-0.25, -0.2) is 0 Å². The van der Waals surface area contributed by atoms with Crippen LogP contribution in [0.15, 0.2) is 60.7 Å². The molecule has 0 aliphatic carbocycles. The van der Waals surface area contributed by atoms with Gasteiger partial charge in [0.25, 0.3) is 0 Å². The van der Waals surface area contributed by atoms with Crippen LogP contribution in [0.3, 0.4) is 0 Å². The van der Waals surface area contributed by atoms with E-state index < -0.39 is 0 Å². The minimum absolute atomic E-state index is 0. The second kappa shape index (κ2) is 7.95. The first-order valence-corrected chi connectivity index (χ1v) is 8.58. The van der Waals surface area contributed by atoms with E-state index in [1.807, 2.05) is 56.3 Å². The summed E-state index contributed by atoms with van der Waals surface area (Å²) in [6, 6.07) is 23.4. The molecule has 4 aromatic rings. The van der Waals surface area contributed by atoms with Gasteiger partial charge in [0.15, 0.2) is 5.82 Å². The Morgan fingerprint density at radius 2 is 1.56 bits per heavy atom. The van der Waals surface area contributed by atoms with Crippen LogP contribution >= 0.6 is 0 Å². The summed E-state index contributed by atoms with van der Waals surface area (Å²) in [4.78, 5) is 4.63. The first-order valence-electron chi connectivity index (χ1n) is 8.58. The van der Waals surface area contributed by atoms with E-state index >= 15 is 0 Å². The van der Waals surface area contributed by atoms with E-state index in [4.69, 9.17) is 0 Å².